The lowest BCUT2D eigenvalue weighted by Gasteiger charge is -2.15. The summed E-state index contributed by atoms with van der Waals surface area (Å²) in [5, 5.41) is 20.4. The van der Waals surface area contributed by atoms with Gasteiger partial charge in [0.15, 0.2) is 0 Å². The number of nitrogens with one attached hydrogen (secondary N) is 2. The number of nitrogens with zero attached hydrogens (tertiary/aromatic N) is 1. The van der Waals surface area contributed by atoms with E-state index in [1.807, 2.05) is 13.0 Å². The van der Waals surface area contributed by atoms with E-state index in [9.17, 15) is 23.1 Å². The molecule has 3 N–H and O–H groups in total. The van der Waals surface area contributed by atoms with Crippen LogP contribution in [0.15, 0.2) is 53.4 Å². The van der Waals surface area contributed by atoms with Crippen LogP contribution in [0.25, 0.3) is 0 Å². The van der Waals surface area contributed by atoms with E-state index in [1.54, 1.807) is 36.4 Å². The van der Waals surface area contributed by atoms with Gasteiger partial charge in [0.25, 0.3) is 0 Å². The summed E-state index contributed by atoms with van der Waals surface area (Å²) in [5.41, 5.74) is 1.95. The minimum absolute atomic E-state index is 0.00249. The Morgan fingerprint density at radius 3 is 2.25 bits per heavy atom. The van der Waals surface area contributed by atoms with E-state index in [2.05, 4.69) is 10.0 Å². The Kier molecular flexibility index (Phi) is 6.87. The minimum Gasteiger partial charge on any atom is -0.480 e. The van der Waals surface area contributed by atoms with E-state index in [-0.39, 0.29) is 11.3 Å². The van der Waals surface area contributed by atoms with Gasteiger partial charge in [0.1, 0.15) is 6.04 Å². The Hall–Kier alpha value is -3.22. The van der Waals surface area contributed by atoms with Gasteiger partial charge in [-0.2, -0.15) is 5.26 Å². The van der Waals surface area contributed by atoms with Crippen molar-refractivity contribution in [3.05, 3.63) is 65.2 Å². The predicted molar refractivity (Wildman–Crippen MR) is 101 cm³/mol. The molecule has 0 saturated heterocycles. The lowest BCUT2D eigenvalue weighted by molar-refractivity contribution is -0.141. The summed E-state index contributed by atoms with van der Waals surface area (Å²) < 4.78 is 26.5. The zero-order valence-electron chi connectivity index (χ0n) is 15.0. The van der Waals surface area contributed by atoms with Crippen molar-refractivity contribution in [3.8, 4) is 6.07 Å². The van der Waals surface area contributed by atoms with Crippen molar-refractivity contribution in [1.82, 2.24) is 10.0 Å². The van der Waals surface area contributed by atoms with Crippen LogP contribution in [0.2, 0.25) is 0 Å². The van der Waals surface area contributed by atoms with Crippen LogP contribution in [0.3, 0.4) is 0 Å². The smallest absolute Gasteiger partial charge is 0.326 e. The summed E-state index contributed by atoms with van der Waals surface area (Å²) in [6, 6.07) is 13.1. The van der Waals surface area contributed by atoms with Gasteiger partial charge >= 0.3 is 5.97 Å². The summed E-state index contributed by atoms with van der Waals surface area (Å²) in [4.78, 5) is 23.5. The molecule has 0 radical (unpaired) electrons. The maximum absolute atomic E-state index is 12.2. The molecule has 0 fully saturated rings. The summed E-state index contributed by atoms with van der Waals surface area (Å²) in [5.74, 6) is -2.02. The molecule has 28 heavy (non-hydrogen) atoms. The van der Waals surface area contributed by atoms with Gasteiger partial charge in [0.05, 0.1) is 23.1 Å². The van der Waals surface area contributed by atoms with Crippen LogP contribution in [-0.4, -0.2) is 38.0 Å². The zero-order chi connectivity index (χ0) is 20.7. The SMILES string of the molecule is Cc1ccc(S(=O)(=O)NCC(=O)N[C@@H](Cc2ccc(C#N)cc2)C(=O)O)cc1. The number of benzene rings is 2. The third-order valence-electron chi connectivity index (χ3n) is 3.91. The monoisotopic (exact) mass is 401 g/mol. The number of nitriles is 1. The molecule has 9 heteroatoms. The summed E-state index contributed by atoms with van der Waals surface area (Å²) in [6.07, 6.45) is -0.00249. The van der Waals surface area contributed by atoms with Gasteiger partial charge in [-0.3, -0.25) is 4.79 Å². The number of rotatable bonds is 8. The van der Waals surface area contributed by atoms with E-state index >= 15 is 0 Å². The number of aliphatic carboxylic acids is 1. The van der Waals surface area contributed by atoms with Crippen LogP contribution < -0.4 is 10.0 Å². The second-order valence-electron chi connectivity index (χ2n) is 6.11. The van der Waals surface area contributed by atoms with E-state index < -0.39 is 34.5 Å². The summed E-state index contributed by atoms with van der Waals surface area (Å²) in [6.45, 7) is 1.23. The van der Waals surface area contributed by atoms with Crippen LogP contribution in [0.4, 0.5) is 0 Å². The van der Waals surface area contributed by atoms with Gasteiger partial charge in [-0.25, -0.2) is 17.9 Å². The topological polar surface area (TPSA) is 136 Å². The molecule has 0 aliphatic carbocycles. The standard InChI is InChI=1S/C19H19N3O5S/c1-13-2-8-16(9-3-13)28(26,27)21-12-18(23)22-17(19(24)25)10-14-4-6-15(11-20)7-5-14/h2-9,17,21H,10,12H2,1H3,(H,22,23)(H,24,25)/t17-/m0/s1. The Balaban J connectivity index is 1.97. The molecule has 1 atom stereocenters. The predicted octanol–water partition coefficient (Wildman–Crippen LogP) is 0.957. The first-order valence-corrected chi connectivity index (χ1v) is 9.77. The second kappa shape index (κ2) is 9.12. The molecule has 1 amide bonds. The fourth-order valence-electron chi connectivity index (χ4n) is 2.36. The average Bonchev–Trinajstić information content (AvgIpc) is 2.67. The Labute approximate surface area is 162 Å². The number of hydrogen-bond donors (Lipinski definition) is 3. The Morgan fingerprint density at radius 2 is 1.71 bits per heavy atom. The third kappa shape index (κ3) is 5.90. The van der Waals surface area contributed by atoms with Crippen LogP contribution >= 0.6 is 0 Å². The van der Waals surface area contributed by atoms with Crippen LogP contribution in [-0.2, 0) is 26.0 Å². The number of carboxylic acid groups (broad SMARTS) is 1. The first-order valence-electron chi connectivity index (χ1n) is 8.29. The van der Waals surface area contributed by atoms with Gasteiger partial charge < -0.3 is 10.4 Å². The van der Waals surface area contributed by atoms with Gasteiger partial charge in [0.2, 0.25) is 15.9 Å². The molecule has 0 bridgehead atoms. The minimum atomic E-state index is -3.88. The Morgan fingerprint density at radius 1 is 1.11 bits per heavy atom. The lowest BCUT2D eigenvalue weighted by Crippen LogP contribution is -2.46. The molecule has 2 rings (SSSR count). The summed E-state index contributed by atoms with van der Waals surface area (Å²) in [7, 11) is -3.88. The van der Waals surface area contributed by atoms with Crippen molar-refractivity contribution in [3.63, 3.8) is 0 Å². The van der Waals surface area contributed by atoms with E-state index in [1.165, 1.54) is 12.1 Å². The molecular formula is C19H19N3O5S. The maximum Gasteiger partial charge on any atom is 0.326 e. The molecule has 0 aromatic heterocycles. The first-order chi connectivity index (χ1) is 13.2. The molecule has 0 saturated carbocycles. The maximum atomic E-state index is 12.2. The van der Waals surface area contributed by atoms with Crippen molar-refractivity contribution in [1.29, 1.82) is 5.26 Å². The molecule has 146 valence electrons. The fourth-order valence-corrected chi connectivity index (χ4v) is 3.34. The van der Waals surface area contributed by atoms with Crippen molar-refractivity contribution < 1.29 is 23.1 Å². The third-order valence-corrected chi connectivity index (χ3v) is 5.33. The van der Waals surface area contributed by atoms with Gasteiger partial charge in [-0.05, 0) is 36.8 Å². The molecule has 0 heterocycles. The normalized spacial score (nSPS) is 12.0. The van der Waals surface area contributed by atoms with Crippen LogP contribution in [0, 0.1) is 18.3 Å². The molecule has 8 nitrogen and oxygen atoms in total. The van der Waals surface area contributed by atoms with Crippen molar-refractivity contribution in [2.45, 2.75) is 24.3 Å². The molecule has 0 spiro atoms. The number of amides is 1. The number of carbonyl (C=O) groups is 2. The van der Waals surface area contributed by atoms with E-state index in [4.69, 9.17) is 5.26 Å². The Bertz CT molecular complexity index is 993. The number of carboxylic acids is 1. The molecule has 0 unspecified atom stereocenters. The van der Waals surface area contributed by atoms with Gasteiger partial charge in [0, 0.05) is 6.42 Å². The average molecular weight is 401 g/mol. The first kappa shape index (κ1) is 21.1. The molecule has 0 aliphatic heterocycles. The molecule has 2 aromatic rings. The fraction of sp³-hybridized carbons (Fsp3) is 0.211. The highest BCUT2D eigenvalue weighted by Crippen LogP contribution is 2.10. The zero-order valence-corrected chi connectivity index (χ0v) is 15.9. The molecular weight excluding hydrogens is 382 g/mol. The largest absolute Gasteiger partial charge is 0.480 e. The molecule has 0 aliphatic rings. The quantitative estimate of drug-likeness (QED) is 0.603. The highest BCUT2D eigenvalue weighted by Gasteiger charge is 2.22. The number of aryl methyl sites for hydroxylation is 1. The number of carbonyl (C=O) groups excluding carboxylic acids is 1. The highest BCUT2D eigenvalue weighted by atomic mass is 32.2. The second-order valence-corrected chi connectivity index (χ2v) is 7.88. The van der Waals surface area contributed by atoms with Gasteiger partial charge in [-0.1, -0.05) is 29.8 Å². The van der Waals surface area contributed by atoms with E-state index in [0.717, 1.165) is 5.56 Å². The van der Waals surface area contributed by atoms with Crippen molar-refractivity contribution in [2.75, 3.05) is 6.54 Å². The van der Waals surface area contributed by atoms with Crippen molar-refractivity contribution in [2.24, 2.45) is 0 Å². The van der Waals surface area contributed by atoms with Crippen LogP contribution in [0.1, 0.15) is 16.7 Å². The number of hydrogen-bond acceptors (Lipinski definition) is 5. The lowest BCUT2D eigenvalue weighted by atomic mass is 10.0. The van der Waals surface area contributed by atoms with E-state index in [0.29, 0.717) is 11.1 Å². The highest BCUT2D eigenvalue weighted by molar-refractivity contribution is 7.89. The molecule has 2 aromatic carbocycles. The van der Waals surface area contributed by atoms with Crippen LogP contribution in [0.5, 0.6) is 0 Å². The van der Waals surface area contributed by atoms with Gasteiger partial charge in [-0.15, -0.1) is 0 Å². The number of sulfonamides is 1. The summed E-state index contributed by atoms with van der Waals surface area (Å²) >= 11 is 0. The van der Waals surface area contributed by atoms with Crippen molar-refractivity contribution >= 4 is 21.9 Å².